The van der Waals surface area contributed by atoms with Crippen molar-refractivity contribution in [1.29, 1.82) is 0 Å². The predicted molar refractivity (Wildman–Crippen MR) is 123 cm³/mol. The number of aryl methyl sites for hydroxylation is 2. The summed E-state index contributed by atoms with van der Waals surface area (Å²) in [7, 11) is 0. The Balaban J connectivity index is 1.25. The minimum Gasteiger partial charge on any atom is -0.494 e. The van der Waals surface area contributed by atoms with E-state index in [2.05, 4.69) is 66.2 Å². The number of ether oxygens (including phenoxy) is 1. The Labute approximate surface area is 180 Å². The van der Waals surface area contributed by atoms with Gasteiger partial charge in [-0.3, -0.25) is 9.69 Å². The summed E-state index contributed by atoms with van der Waals surface area (Å²) in [5, 5.41) is 2.92. The molecular weight excluding hydrogens is 374 g/mol. The van der Waals surface area contributed by atoms with Gasteiger partial charge in [-0.2, -0.15) is 0 Å². The van der Waals surface area contributed by atoms with Gasteiger partial charge in [-0.25, -0.2) is 0 Å². The number of carbonyl (C=O) groups is 1. The smallest absolute Gasteiger partial charge is 0.224 e. The van der Waals surface area contributed by atoms with E-state index in [1.54, 1.807) is 0 Å². The largest absolute Gasteiger partial charge is 0.494 e. The third-order valence-corrected chi connectivity index (χ3v) is 6.30. The number of piperazine rings is 1. The van der Waals surface area contributed by atoms with Crippen LogP contribution < -0.4 is 15.0 Å². The highest BCUT2D eigenvalue weighted by molar-refractivity contribution is 5.94. The van der Waals surface area contributed by atoms with Gasteiger partial charge >= 0.3 is 0 Å². The molecule has 2 atom stereocenters. The maximum Gasteiger partial charge on any atom is 0.224 e. The van der Waals surface area contributed by atoms with Crippen LogP contribution in [0.25, 0.3) is 0 Å². The van der Waals surface area contributed by atoms with Crippen molar-refractivity contribution in [1.82, 2.24) is 4.90 Å². The Morgan fingerprint density at radius 3 is 2.50 bits per heavy atom. The number of hydrogen-bond acceptors (Lipinski definition) is 4. The summed E-state index contributed by atoms with van der Waals surface area (Å²) in [5.41, 5.74) is 4.72. The number of carbonyl (C=O) groups excluding carboxylic acids is 1. The van der Waals surface area contributed by atoms with Crippen molar-refractivity contribution in [2.24, 2.45) is 0 Å². The standard InChI is InChI=1S/C25H33N3O2/c1-18-5-8-22(9-6-18)27-16-19(2)28(20(3)17-27)13-4-14-30-23-10-11-24-21(15-23)7-12-25(29)26-24/h5-6,8-11,15,19-20H,4,7,12-14,16-17H2,1-3H3,(H,26,29)/t19-,20?/m1/s1. The average molecular weight is 408 g/mol. The molecule has 1 amide bonds. The maximum absolute atomic E-state index is 11.5. The van der Waals surface area contributed by atoms with Crippen LogP contribution in [0.2, 0.25) is 0 Å². The molecule has 30 heavy (non-hydrogen) atoms. The molecule has 0 bridgehead atoms. The molecule has 0 saturated carbocycles. The summed E-state index contributed by atoms with van der Waals surface area (Å²) in [4.78, 5) is 16.6. The summed E-state index contributed by atoms with van der Waals surface area (Å²) in [6.07, 6.45) is 2.35. The molecule has 0 aromatic heterocycles. The van der Waals surface area contributed by atoms with Crippen LogP contribution in [0.15, 0.2) is 42.5 Å². The molecule has 1 unspecified atom stereocenters. The molecule has 1 N–H and O–H groups in total. The minimum atomic E-state index is 0.0990. The molecule has 1 saturated heterocycles. The van der Waals surface area contributed by atoms with Gasteiger partial charge in [0.1, 0.15) is 5.75 Å². The number of nitrogens with zero attached hydrogens (tertiary/aromatic N) is 2. The quantitative estimate of drug-likeness (QED) is 0.727. The van der Waals surface area contributed by atoms with Crippen molar-refractivity contribution in [2.45, 2.75) is 52.1 Å². The molecule has 5 heteroatoms. The van der Waals surface area contributed by atoms with E-state index in [9.17, 15) is 4.79 Å². The Bertz CT molecular complexity index is 868. The summed E-state index contributed by atoms with van der Waals surface area (Å²) in [6.45, 7) is 10.7. The fourth-order valence-corrected chi connectivity index (χ4v) is 4.65. The number of nitrogens with one attached hydrogen (secondary N) is 1. The zero-order valence-electron chi connectivity index (χ0n) is 18.4. The van der Waals surface area contributed by atoms with Crippen LogP contribution in [0.5, 0.6) is 5.75 Å². The minimum absolute atomic E-state index is 0.0990. The third-order valence-electron chi connectivity index (χ3n) is 6.30. The predicted octanol–water partition coefficient (Wildman–Crippen LogP) is 4.25. The number of anilines is 2. The van der Waals surface area contributed by atoms with Crippen LogP contribution in [0.4, 0.5) is 11.4 Å². The first-order valence-corrected chi connectivity index (χ1v) is 11.1. The van der Waals surface area contributed by atoms with Crippen LogP contribution in [-0.4, -0.2) is 49.1 Å². The lowest BCUT2D eigenvalue weighted by Crippen LogP contribution is -2.57. The van der Waals surface area contributed by atoms with Crippen LogP contribution >= 0.6 is 0 Å². The summed E-state index contributed by atoms with van der Waals surface area (Å²) < 4.78 is 6.01. The molecule has 2 aromatic carbocycles. The van der Waals surface area contributed by atoms with Gasteiger partial charge in [0.05, 0.1) is 6.61 Å². The molecule has 2 aliphatic heterocycles. The van der Waals surface area contributed by atoms with Gasteiger partial charge in [-0.1, -0.05) is 17.7 Å². The normalized spacial score (nSPS) is 21.8. The molecule has 4 rings (SSSR count). The van der Waals surface area contributed by atoms with E-state index >= 15 is 0 Å². The number of hydrogen-bond donors (Lipinski definition) is 1. The third kappa shape index (κ3) is 4.78. The van der Waals surface area contributed by atoms with Crippen molar-refractivity contribution in [3.8, 4) is 5.75 Å². The van der Waals surface area contributed by atoms with Gasteiger partial charge in [0.2, 0.25) is 5.91 Å². The zero-order valence-corrected chi connectivity index (χ0v) is 18.4. The van der Waals surface area contributed by atoms with E-state index in [0.29, 0.717) is 25.1 Å². The Morgan fingerprint density at radius 2 is 1.77 bits per heavy atom. The molecule has 0 radical (unpaired) electrons. The van der Waals surface area contributed by atoms with Gasteiger partial charge in [-0.15, -0.1) is 0 Å². The average Bonchev–Trinajstić information content (AvgIpc) is 2.73. The number of benzene rings is 2. The molecule has 2 heterocycles. The van der Waals surface area contributed by atoms with Crippen LogP contribution in [-0.2, 0) is 11.2 Å². The van der Waals surface area contributed by atoms with Crippen molar-refractivity contribution in [3.05, 3.63) is 53.6 Å². The molecule has 2 aliphatic rings. The Hall–Kier alpha value is -2.53. The summed E-state index contributed by atoms with van der Waals surface area (Å²) in [5.74, 6) is 0.997. The van der Waals surface area contributed by atoms with Crippen molar-refractivity contribution in [2.75, 3.05) is 36.5 Å². The van der Waals surface area contributed by atoms with Gasteiger partial charge in [0, 0.05) is 49.5 Å². The summed E-state index contributed by atoms with van der Waals surface area (Å²) >= 11 is 0. The second-order valence-electron chi connectivity index (χ2n) is 8.75. The summed E-state index contributed by atoms with van der Waals surface area (Å²) in [6, 6.07) is 15.9. The van der Waals surface area contributed by atoms with E-state index in [4.69, 9.17) is 4.74 Å². The SMILES string of the molecule is Cc1ccc(N2CC(C)N(CCCOc3ccc4c(c3)CCC(=O)N4)[C@H](C)C2)cc1. The van der Waals surface area contributed by atoms with Crippen molar-refractivity contribution < 1.29 is 9.53 Å². The lowest BCUT2D eigenvalue weighted by molar-refractivity contribution is -0.116. The molecular formula is C25H33N3O2. The zero-order chi connectivity index (χ0) is 21.1. The molecule has 0 spiro atoms. The lowest BCUT2D eigenvalue weighted by Gasteiger charge is -2.45. The Morgan fingerprint density at radius 1 is 1.03 bits per heavy atom. The van der Waals surface area contributed by atoms with Crippen LogP contribution in [0.3, 0.4) is 0 Å². The van der Waals surface area contributed by atoms with Crippen molar-refractivity contribution >= 4 is 17.3 Å². The highest BCUT2D eigenvalue weighted by Gasteiger charge is 2.29. The molecule has 2 aromatic rings. The number of rotatable bonds is 6. The molecule has 160 valence electrons. The topological polar surface area (TPSA) is 44.8 Å². The van der Waals surface area contributed by atoms with E-state index < -0.39 is 0 Å². The fraction of sp³-hybridized carbons (Fsp3) is 0.480. The van der Waals surface area contributed by atoms with Gasteiger partial charge in [0.25, 0.3) is 0 Å². The first kappa shape index (κ1) is 20.7. The molecule has 5 nitrogen and oxygen atoms in total. The second kappa shape index (κ2) is 9.09. The van der Waals surface area contributed by atoms with Crippen molar-refractivity contribution in [3.63, 3.8) is 0 Å². The highest BCUT2D eigenvalue weighted by atomic mass is 16.5. The van der Waals surface area contributed by atoms with Gasteiger partial charge < -0.3 is 15.0 Å². The van der Waals surface area contributed by atoms with E-state index in [0.717, 1.165) is 43.9 Å². The van der Waals surface area contributed by atoms with E-state index in [1.165, 1.54) is 16.8 Å². The monoisotopic (exact) mass is 407 g/mol. The number of fused-ring (bicyclic) bond motifs is 1. The van der Waals surface area contributed by atoms with Gasteiger partial charge in [0.15, 0.2) is 0 Å². The highest BCUT2D eigenvalue weighted by Crippen LogP contribution is 2.27. The first-order valence-electron chi connectivity index (χ1n) is 11.1. The fourth-order valence-electron chi connectivity index (χ4n) is 4.65. The number of amides is 1. The lowest BCUT2D eigenvalue weighted by atomic mass is 10.0. The van der Waals surface area contributed by atoms with Gasteiger partial charge in [-0.05, 0) is 69.5 Å². The molecule has 0 aliphatic carbocycles. The van der Waals surface area contributed by atoms with E-state index in [1.807, 2.05) is 12.1 Å². The molecule has 1 fully saturated rings. The Kier molecular flexibility index (Phi) is 6.28. The first-order chi connectivity index (χ1) is 14.5. The second-order valence-corrected chi connectivity index (χ2v) is 8.75. The van der Waals surface area contributed by atoms with Crippen LogP contribution in [0.1, 0.15) is 37.8 Å². The van der Waals surface area contributed by atoms with E-state index in [-0.39, 0.29) is 5.91 Å². The maximum atomic E-state index is 11.5. The van der Waals surface area contributed by atoms with Crippen LogP contribution in [0, 0.1) is 6.92 Å².